The molecule has 1 aromatic heterocycles. The van der Waals surface area contributed by atoms with E-state index in [0.29, 0.717) is 25.1 Å². The Bertz CT molecular complexity index is 1200. The molecule has 2 heterocycles. The average Bonchev–Trinajstić information content (AvgIpc) is 3.36. The van der Waals surface area contributed by atoms with E-state index in [1.165, 1.54) is 18.4 Å². The van der Waals surface area contributed by atoms with Gasteiger partial charge < -0.3 is 13.9 Å². The molecule has 150 valence electrons. The molecule has 0 unspecified atom stereocenters. The van der Waals surface area contributed by atoms with Gasteiger partial charge in [-0.3, -0.25) is 0 Å². The second kappa shape index (κ2) is 8.59. The number of cyclic esters (lactones) is 1. The van der Waals surface area contributed by atoms with Crippen molar-refractivity contribution in [2.24, 2.45) is 4.99 Å². The smallest absolute Gasteiger partial charge is 0.379 e. The maximum atomic E-state index is 12.3. The van der Waals surface area contributed by atoms with Crippen LogP contribution in [0.15, 0.2) is 78.8 Å². The molecule has 0 saturated heterocycles. The van der Waals surface area contributed by atoms with Crippen molar-refractivity contribution in [3.63, 3.8) is 0 Å². The highest BCUT2D eigenvalue weighted by Crippen LogP contribution is 2.35. The summed E-state index contributed by atoms with van der Waals surface area (Å²) in [6.07, 6.45) is 2.85. The summed E-state index contributed by atoms with van der Waals surface area (Å²) in [6, 6.07) is 13.2. The number of furan rings is 1. The number of carbonyl (C=O) groups excluding carboxylic acids is 2. The first-order valence-corrected chi connectivity index (χ1v) is 10.4. The van der Waals surface area contributed by atoms with E-state index in [1.54, 1.807) is 42.5 Å². The van der Waals surface area contributed by atoms with Gasteiger partial charge in [-0.1, -0.05) is 27.5 Å². The van der Waals surface area contributed by atoms with E-state index in [9.17, 15) is 9.59 Å². The highest BCUT2D eigenvalue weighted by molar-refractivity contribution is 9.11. The molecule has 0 bridgehead atoms. The second-order valence-corrected chi connectivity index (χ2v) is 8.22. The first kappa shape index (κ1) is 20.6. The van der Waals surface area contributed by atoms with Gasteiger partial charge >= 0.3 is 11.9 Å². The van der Waals surface area contributed by atoms with Crippen molar-refractivity contribution in [3.05, 3.63) is 91.3 Å². The summed E-state index contributed by atoms with van der Waals surface area (Å²) in [5.74, 6) is -0.894. The lowest BCUT2D eigenvalue weighted by Gasteiger charge is -2.10. The molecule has 0 aliphatic carbocycles. The minimum atomic E-state index is -0.679. The van der Waals surface area contributed by atoms with Crippen LogP contribution in [-0.2, 0) is 9.53 Å². The molecule has 2 aromatic carbocycles. The summed E-state index contributed by atoms with van der Waals surface area (Å²) in [5.41, 5.74) is 1.10. The van der Waals surface area contributed by atoms with Crippen molar-refractivity contribution >= 4 is 67.4 Å². The fourth-order valence-corrected chi connectivity index (χ4v) is 4.07. The third kappa shape index (κ3) is 4.40. The summed E-state index contributed by atoms with van der Waals surface area (Å²) in [5, 5.41) is 0.557. The molecule has 0 saturated carbocycles. The van der Waals surface area contributed by atoms with Crippen molar-refractivity contribution in [2.45, 2.75) is 0 Å². The molecule has 1 aliphatic rings. The van der Waals surface area contributed by atoms with E-state index >= 15 is 0 Å². The maximum Gasteiger partial charge on any atom is 0.379 e. The van der Waals surface area contributed by atoms with Crippen LogP contribution < -0.4 is 4.74 Å². The largest absolute Gasteiger partial charge is 0.457 e. The number of carbonyl (C=O) groups is 2. The zero-order valence-electron chi connectivity index (χ0n) is 14.9. The molecule has 0 spiro atoms. The molecule has 3 aromatic rings. The Balaban J connectivity index is 1.71. The van der Waals surface area contributed by atoms with Gasteiger partial charge in [-0.05, 0) is 70.5 Å². The van der Waals surface area contributed by atoms with E-state index in [2.05, 4.69) is 36.9 Å². The van der Waals surface area contributed by atoms with Crippen LogP contribution in [-0.4, -0.2) is 17.8 Å². The summed E-state index contributed by atoms with van der Waals surface area (Å²) < 4.78 is 17.0. The van der Waals surface area contributed by atoms with E-state index < -0.39 is 11.9 Å². The number of halogens is 3. The SMILES string of the molecule is O=C1OC(c2ccc(Cl)cc2)=N/C1=C\c1cc(Br)cc(Br)c1OC(=O)c1ccco1. The summed E-state index contributed by atoms with van der Waals surface area (Å²) in [6.45, 7) is 0. The van der Waals surface area contributed by atoms with Crippen LogP contribution in [0.3, 0.4) is 0 Å². The van der Waals surface area contributed by atoms with E-state index in [0.717, 1.165) is 0 Å². The number of ether oxygens (including phenoxy) is 2. The van der Waals surface area contributed by atoms with Gasteiger partial charge in [0.05, 0.1) is 10.7 Å². The fraction of sp³-hybridized carbons (Fsp3) is 0. The zero-order valence-corrected chi connectivity index (χ0v) is 18.8. The van der Waals surface area contributed by atoms with Crippen molar-refractivity contribution in [1.82, 2.24) is 0 Å². The van der Waals surface area contributed by atoms with Crippen LogP contribution in [0.5, 0.6) is 5.75 Å². The van der Waals surface area contributed by atoms with Gasteiger partial charge in [0, 0.05) is 20.6 Å². The molecule has 30 heavy (non-hydrogen) atoms. The standard InChI is InChI=1S/C21H10Br2ClNO5/c22-13-8-12(18(15(23)10-13)29-21(27)17-2-1-7-28-17)9-16-20(26)30-19(25-16)11-3-5-14(24)6-4-11/h1-10H/b16-9-. The lowest BCUT2D eigenvalue weighted by molar-refractivity contribution is -0.129. The van der Waals surface area contributed by atoms with E-state index in [-0.39, 0.29) is 23.1 Å². The summed E-state index contributed by atoms with van der Waals surface area (Å²) >= 11 is 12.7. The Morgan fingerprint density at radius 3 is 2.60 bits per heavy atom. The quantitative estimate of drug-likeness (QED) is 0.225. The molecule has 1 aliphatic heterocycles. The highest BCUT2D eigenvalue weighted by atomic mass is 79.9. The molecule has 6 nitrogen and oxygen atoms in total. The molecule has 4 rings (SSSR count). The molecule has 0 atom stereocenters. The van der Waals surface area contributed by atoms with Crippen LogP contribution in [0.4, 0.5) is 0 Å². The molecule has 0 fully saturated rings. The Kier molecular flexibility index (Phi) is 5.90. The molecule has 0 amide bonds. The number of esters is 2. The Labute approximate surface area is 192 Å². The van der Waals surface area contributed by atoms with E-state index in [4.69, 9.17) is 25.5 Å². The van der Waals surface area contributed by atoms with Gasteiger partial charge in [-0.15, -0.1) is 0 Å². The minimum absolute atomic E-state index is 0.0479. The van der Waals surface area contributed by atoms with Gasteiger partial charge in [0.1, 0.15) is 0 Å². The number of hydrogen-bond donors (Lipinski definition) is 0. The number of hydrogen-bond acceptors (Lipinski definition) is 6. The average molecular weight is 552 g/mol. The molecular formula is C21H10Br2ClNO5. The van der Waals surface area contributed by atoms with Crippen molar-refractivity contribution in [2.75, 3.05) is 0 Å². The van der Waals surface area contributed by atoms with Crippen LogP contribution in [0.1, 0.15) is 21.7 Å². The predicted molar refractivity (Wildman–Crippen MR) is 118 cm³/mol. The van der Waals surface area contributed by atoms with Crippen LogP contribution in [0.2, 0.25) is 5.02 Å². The molecule has 9 heteroatoms. The highest BCUT2D eigenvalue weighted by Gasteiger charge is 2.25. The van der Waals surface area contributed by atoms with Crippen LogP contribution >= 0.6 is 43.5 Å². The number of aliphatic imine (C=N–C) groups is 1. The predicted octanol–water partition coefficient (Wildman–Crippen LogP) is 6.02. The van der Waals surface area contributed by atoms with Gasteiger partial charge in [0.25, 0.3) is 0 Å². The Morgan fingerprint density at radius 2 is 1.90 bits per heavy atom. The van der Waals surface area contributed by atoms with Gasteiger partial charge in [-0.2, -0.15) is 0 Å². The van der Waals surface area contributed by atoms with Crippen LogP contribution in [0.25, 0.3) is 6.08 Å². The number of benzene rings is 2. The van der Waals surface area contributed by atoms with E-state index in [1.807, 2.05) is 0 Å². The second-order valence-electron chi connectivity index (χ2n) is 6.02. The molecular weight excluding hydrogens is 541 g/mol. The van der Waals surface area contributed by atoms with Crippen molar-refractivity contribution in [1.29, 1.82) is 0 Å². The zero-order chi connectivity index (χ0) is 21.3. The third-order valence-corrected chi connectivity index (χ3v) is 5.26. The topological polar surface area (TPSA) is 78.1 Å². The Hall–Kier alpha value is -2.68. The molecule has 0 N–H and O–H groups in total. The van der Waals surface area contributed by atoms with Crippen molar-refractivity contribution in [3.8, 4) is 5.75 Å². The van der Waals surface area contributed by atoms with Gasteiger partial charge in [0.15, 0.2) is 11.4 Å². The number of rotatable bonds is 4. The minimum Gasteiger partial charge on any atom is -0.457 e. The third-order valence-electron chi connectivity index (χ3n) is 3.96. The number of nitrogens with zero attached hydrogens (tertiary/aromatic N) is 1. The maximum absolute atomic E-state index is 12.3. The first-order valence-electron chi connectivity index (χ1n) is 8.44. The molecule has 0 radical (unpaired) electrons. The van der Waals surface area contributed by atoms with Gasteiger partial charge in [-0.25, -0.2) is 14.6 Å². The van der Waals surface area contributed by atoms with Gasteiger partial charge in [0.2, 0.25) is 11.7 Å². The van der Waals surface area contributed by atoms with Crippen LogP contribution in [0, 0.1) is 0 Å². The summed E-state index contributed by atoms with van der Waals surface area (Å²) in [4.78, 5) is 28.9. The summed E-state index contributed by atoms with van der Waals surface area (Å²) in [7, 11) is 0. The lowest BCUT2D eigenvalue weighted by Crippen LogP contribution is -2.09. The normalized spacial score (nSPS) is 14.6. The Morgan fingerprint density at radius 1 is 1.13 bits per heavy atom. The van der Waals surface area contributed by atoms with Crippen molar-refractivity contribution < 1.29 is 23.5 Å². The lowest BCUT2D eigenvalue weighted by atomic mass is 10.1. The first-order chi connectivity index (χ1) is 14.4. The fourth-order valence-electron chi connectivity index (χ4n) is 2.61. The monoisotopic (exact) mass is 549 g/mol.